The Balaban J connectivity index is 4.97. The number of Topliss-reactive ketones (excluding diaryl/α,β-unsaturated/α-hetero) is 1. The monoisotopic (exact) mass is 353 g/mol. The van der Waals surface area contributed by atoms with Crippen molar-refractivity contribution in [1.29, 1.82) is 0 Å². The van der Waals surface area contributed by atoms with Gasteiger partial charge in [-0.15, -0.1) is 0 Å². The second-order valence-electron chi connectivity index (χ2n) is 7.81. The van der Waals surface area contributed by atoms with Crippen LogP contribution in [0.4, 0.5) is 0 Å². The fourth-order valence-corrected chi connectivity index (χ4v) is 2.82. The van der Waals surface area contributed by atoms with E-state index in [0.717, 1.165) is 32.2 Å². The van der Waals surface area contributed by atoms with E-state index in [2.05, 4.69) is 32.2 Å². The van der Waals surface area contributed by atoms with E-state index < -0.39 is 5.41 Å². The first kappa shape index (κ1) is 23.8. The molecule has 0 fully saturated rings. The fraction of sp³-hybridized carbons (Fsp3) is 0.810. The van der Waals surface area contributed by atoms with Gasteiger partial charge in [-0.1, -0.05) is 31.9 Å². The number of carbonyl (C=O) groups excluding carboxylic acids is 2. The van der Waals surface area contributed by atoms with Crippen LogP contribution < -0.4 is 5.32 Å². The Morgan fingerprint density at radius 3 is 2.28 bits per heavy atom. The third-order valence-corrected chi connectivity index (χ3v) is 5.05. The lowest BCUT2D eigenvalue weighted by Gasteiger charge is -2.28. The maximum absolute atomic E-state index is 12.5. The Labute approximate surface area is 154 Å². The van der Waals surface area contributed by atoms with Crippen molar-refractivity contribution >= 4 is 11.8 Å². The van der Waals surface area contributed by atoms with Gasteiger partial charge in [0.1, 0.15) is 5.78 Å². The zero-order valence-electron chi connectivity index (χ0n) is 17.4. The summed E-state index contributed by atoms with van der Waals surface area (Å²) in [6.07, 6.45) is 6.33. The highest BCUT2D eigenvalue weighted by Crippen LogP contribution is 2.27. The molecule has 1 N–H and O–H groups in total. The molecule has 4 nitrogen and oxygen atoms in total. The minimum Gasteiger partial charge on any atom is -0.465 e. The molecule has 0 heterocycles. The normalized spacial score (nSPS) is 14.9. The number of esters is 1. The van der Waals surface area contributed by atoms with Gasteiger partial charge in [0.25, 0.3) is 0 Å². The van der Waals surface area contributed by atoms with E-state index in [0.29, 0.717) is 13.0 Å². The Bertz CT molecular complexity index is 440. The van der Waals surface area contributed by atoms with Gasteiger partial charge in [-0.2, -0.15) is 0 Å². The van der Waals surface area contributed by atoms with Crippen molar-refractivity contribution in [1.82, 2.24) is 5.32 Å². The van der Waals surface area contributed by atoms with E-state index in [1.165, 1.54) is 5.57 Å². The summed E-state index contributed by atoms with van der Waals surface area (Å²) in [5.41, 5.74) is 0.841. The molecule has 0 saturated heterocycles. The average molecular weight is 354 g/mol. The number of allylic oxidation sites excluding steroid dienone is 2. The molecule has 0 bridgehead atoms. The largest absolute Gasteiger partial charge is 0.465 e. The molecule has 0 aromatic rings. The summed E-state index contributed by atoms with van der Waals surface area (Å²) in [7, 11) is 1.88. The first-order valence-electron chi connectivity index (χ1n) is 9.64. The lowest BCUT2D eigenvalue weighted by atomic mass is 9.83. The number of ether oxygens (including phenoxy) is 1. The number of hydrogen-bond acceptors (Lipinski definition) is 4. The van der Waals surface area contributed by atoms with Crippen molar-refractivity contribution in [2.45, 2.75) is 73.6 Å². The standard InChI is InChI=1S/C21H39NO3/c1-8-16(3)10-11-19(18(9-2)14-17(4)23)15-25-20(24)21(5,6)12-13-22-7/h10,18-19,22H,8-9,11-15H2,1-7H3/b16-10-/t18-,19?/m0/s1. The Morgan fingerprint density at radius 2 is 1.80 bits per heavy atom. The summed E-state index contributed by atoms with van der Waals surface area (Å²) in [6.45, 7) is 13.0. The molecule has 0 spiro atoms. The summed E-state index contributed by atoms with van der Waals surface area (Å²) < 4.78 is 5.69. The third-order valence-electron chi connectivity index (χ3n) is 5.05. The highest BCUT2D eigenvalue weighted by molar-refractivity contribution is 5.76. The van der Waals surface area contributed by atoms with Crippen LogP contribution in [0, 0.1) is 17.3 Å². The fourth-order valence-electron chi connectivity index (χ4n) is 2.82. The van der Waals surface area contributed by atoms with Crippen molar-refractivity contribution in [2.24, 2.45) is 17.3 Å². The van der Waals surface area contributed by atoms with E-state index in [1.54, 1.807) is 6.92 Å². The van der Waals surface area contributed by atoms with Gasteiger partial charge in [-0.3, -0.25) is 4.79 Å². The lowest BCUT2D eigenvalue weighted by Crippen LogP contribution is -2.32. The van der Waals surface area contributed by atoms with E-state index in [1.807, 2.05) is 20.9 Å². The predicted molar refractivity (Wildman–Crippen MR) is 105 cm³/mol. The number of ketones is 1. The summed E-state index contributed by atoms with van der Waals surface area (Å²) in [4.78, 5) is 24.1. The van der Waals surface area contributed by atoms with Crippen molar-refractivity contribution in [2.75, 3.05) is 20.2 Å². The molecule has 25 heavy (non-hydrogen) atoms. The van der Waals surface area contributed by atoms with Gasteiger partial charge >= 0.3 is 5.97 Å². The average Bonchev–Trinajstić information content (AvgIpc) is 2.57. The van der Waals surface area contributed by atoms with Crippen LogP contribution in [-0.2, 0) is 14.3 Å². The molecule has 0 radical (unpaired) electrons. The summed E-state index contributed by atoms with van der Waals surface area (Å²) in [6, 6.07) is 0. The second-order valence-corrected chi connectivity index (χ2v) is 7.81. The molecule has 0 aromatic heterocycles. The van der Waals surface area contributed by atoms with Crippen LogP contribution in [0.25, 0.3) is 0 Å². The third kappa shape index (κ3) is 9.78. The predicted octanol–water partition coefficient (Wildman–Crippen LogP) is 4.53. The van der Waals surface area contributed by atoms with Gasteiger partial charge in [0, 0.05) is 6.42 Å². The molecule has 0 rings (SSSR count). The molecule has 1 unspecified atom stereocenters. The minimum atomic E-state index is -0.495. The smallest absolute Gasteiger partial charge is 0.311 e. The Morgan fingerprint density at radius 1 is 1.16 bits per heavy atom. The van der Waals surface area contributed by atoms with Crippen LogP contribution in [0.5, 0.6) is 0 Å². The van der Waals surface area contributed by atoms with Crippen LogP contribution in [0.15, 0.2) is 11.6 Å². The summed E-state index contributed by atoms with van der Waals surface area (Å²) in [5.74, 6) is 0.501. The molecule has 0 aromatic carbocycles. The maximum Gasteiger partial charge on any atom is 0.311 e. The number of hydrogen-bond donors (Lipinski definition) is 1. The van der Waals surface area contributed by atoms with Crippen molar-refractivity contribution in [3.63, 3.8) is 0 Å². The maximum atomic E-state index is 12.5. The first-order chi connectivity index (χ1) is 11.7. The molecule has 0 aliphatic carbocycles. The highest BCUT2D eigenvalue weighted by Gasteiger charge is 2.30. The van der Waals surface area contributed by atoms with E-state index in [4.69, 9.17) is 4.74 Å². The van der Waals surface area contributed by atoms with Crippen molar-refractivity contribution < 1.29 is 14.3 Å². The van der Waals surface area contributed by atoms with Gasteiger partial charge in [-0.05, 0) is 72.4 Å². The summed E-state index contributed by atoms with van der Waals surface area (Å²) in [5, 5.41) is 3.08. The van der Waals surface area contributed by atoms with Crippen molar-refractivity contribution in [3.8, 4) is 0 Å². The molecule has 0 aliphatic heterocycles. The molecular formula is C21H39NO3. The van der Waals surface area contributed by atoms with Crippen LogP contribution >= 0.6 is 0 Å². The zero-order valence-corrected chi connectivity index (χ0v) is 17.4. The molecule has 0 saturated carbocycles. The van der Waals surface area contributed by atoms with Crippen molar-refractivity contribution in [3.05, 3.63) is 11.6 Å². The Kier molecular flexibility index (Phi) is 11.7. The molecule has 2 atom stereocenters. The summed E-state index contributed by atoms with van der Waals surface area (Å²) >= 11 is 0. The number of carbonyl (C=O) groups is 2. The number of nitrogens with one attached hydrogen (secondary N) is 1. The van der Waals surface area contributed by atoms with E-state index in [9.17, 15) is 9.59 Å². The first-order valence-corrected chi connectivity index (χ1v) is 9.64. The van der Waals surface area contributed by atoms with Crippen LogP contribution in [0.3, 0.4) is 0 Å². The van der Waals surface area contributed by atoms with Gasteiger partial charge in [0.05, 0.1) is 12.0 Å². The topological polar surface area (TPSA) is 55.4 Å². The van der Waals surface area contributed by atoms with Gasteiger partial charge in [-0.25, -0.2) is 0 Å². The molecule has 0 amide bonds. The lowest BCUT2D eigenvalue weighted by molar-refractivity contribution is -0.156. The quantitative estimate of drug-likeness (QED) is 0.390. The second kappa shape index (κ2) is 12.2. The number of rotatable bonds is 13. The van der Waals surface area contributed by atoms with Gasteiger partial charge < -0.3 is 14.8 Å². The van der Waals surface area contributed by atoms with Gasteiger partial charge in [0.15, 0.2) is 0 Å². The Hall–Kier alpha value is -1.16. The SMILES string of the molecule is CC/C(C)=C\CC(COC(=O)C(C)(C)CCNC)[C@@H](CC)CC(C)=O. The zero-order chi connectivity index (χ0) is 19.5. The molecule has 4 heteroatoms. The van der Waals surface area contributed by atoms with Crippen LogP contribution in [0.1, 0.15) is 73.6 Å². The van der Waals surface area contributed by atoms with E-state index >= 15 is 0 Å². The molecule has 146 valence electrons. The van der Waals surface area contributed by atoms with Gasteiger partial charge in [0.2, 0.25) is 0 Å². The highest BCUT2D eigenvalue weighted by atomic mass is 16.5. The van der Waals surface area contributed by atoms with E-state index in [-0.39, 0.29) is 23.6 Å². The molecular weight excluding hydrogens is 314 g/mol. The minimum absolute atomic E-state index is 0.151. The molecule has 0 aliphatic rings. The van der Waals surface area contributed by atoms with Crippen LogP contribution in [0.2, 0.25) is 0 Å². The van der Waals surface area contributed by atoms with Crippen LogP contribution in [-0.4, -0.2) is 32.0 Å².